The van der Waals surface area contributed by atoms with E-state index < -0.39 is 0 Å². The number of nitrogens with two attached hydrogens (primary N) is 1. The Kier molecular flexibility index (Phi) is 5.14. The normalized spacial score (nSPS) is 17.7. The molecular formula is C26H29N3O2. The minimum Gasteiger partial charge on any atom is -0.465 e. The molecule has 5 rings (SSSR count). The van der Waals surface area contributed by atoms with E-state index in [1.165, 1.54) is 28.7 Å². The first-order chi connectivity index (χ1) is 15.1. The zero-order chi connectivity index (χ0) is 21.4. The molecule has 5 nitrogen and oxygen atoms in total. The van der Waals surface area contributed by atoms with Gasteiger partial charge in [-0.1, -0.05) is 30.3 Å². The Bertz CT molecular complexity index is 1130. The molecule has 2 heterocycles. The van der Waals surface area contributed by atoms with Gasteiger partial charge in [-0.2, -0.15) is 0 Å². The van der Waals surface area contributed by atoms with Gasteiger partial charge in [0.05, 0.1) is 13.2 Å². The van der Waals surface area contributed by atoms with Crippen molar-refractivity contribution in [3.05, 3.63) is 59.8 Å². The minimum absolute atomic E-state index is 0.110. The number of aryl methyl sites for hydroxylation is 1. The van der Waals surface area contributed by atoms with Gasteiger partial charge in [0.25, 0.3) is 0 Å². The molecule has 1 aliphatic carbocycles. The van der Waals surface area contributed by atoms with Crippen LogP contribution in [0.2, 0.25) is 0 Å². The van der Waals surface area contributed by atoms with Gasteiger partial charge < -0.3 is 10.5 Å². The molecule has 5 heteroatoms. The monoisotopic (exact) mass is 415 g/mol. The van der Waals surface area contributed by atoms with Crippen molar-refractivity contribution in [1.82, 2.24) is 9.88 Å². The third kappa shape index (κ3) is 3.68. The molecule has 1 saturated heterocycles. The quantitative estimate of drug-likeness (QED) is 0.643. The number of carbonyl (C=O) groups is 1. The first kappa shape index (κ1) is 20.0. The third-order valence-electron chi connectivity index (χ3n) is 7.15. The number of piperidine rings is 1. The average Bonchev–Trinajstić information content (AvgIpc) is 3.13. The Balaban J connectivity index is 1.36. The second kappa shape index (κ2) is 7.97. The van der Waals surface area contributed by atoms with Gasteiger partial charge in [-0.3, -0.25) is 9.69 Å². The van der Waals surface area contributed by atoms with Crippen LogP contribution >= 0.6 is 0 Å². The summed E-state index contributed by atoms with van der Waals surface area (Å²) in [6, 6.07) is 15.4. The molecule has 1 fully saturated rings. The summed E-state index contributed by atoms with van der Waals surface area (Å²) in [7, 11) is 0. The van der Waals surface area contributed by atoms with Crippen molar-refractivity contribution in [3.63, 3.8) is 0 Å². The van der Waals surface area contributed by atoms with Gasteiger partial charge in [0.1, 0.15) is 5.82 Å². The van der Waals surface area contributed by atoms with Crippen molar-refractivity contribution in [2.24, 2.45) is 0 Å². The lowest BCUT2D eigenvalue weighted by Crippen LogP contribution is -2.43. The molecule has 0 amide bonds. The number of rotatable bonds is 4. The number of anilines is 1. The topological polar surface area (TPSA) is 68.5 Å². The molecule has 0 atom stereocenters. The summed E-state index contributed by atoms with van der Waals surface area (Å²) in [5.74, 6) is 0.468. The van der Waals surface area contributed by atoms with E-state index in [4.69, 9.17) is 10.5 Å². The highest BCUT2D eigenvalue weighted by Crippen LogP contribution is 2.47. The Morgan fingerprint density at radius 2 is 1.87 bits per heavy atom. The molecule has 0 unspecified atom stereocenters. The first-order valence-corrected chi connectivity index (χ1v) is 11.2. The van der Waals surface area contributed by atoms with Gasteiger partial charge in [-0.25, -0.2) is 4.98 Å². The van der Waals surface area contributed by atoms with Gasteiger partial charge in [0.15, 0.2) is 0 Å². The van der Waals surface area contributed by atoms with E-state index in [1.54, 1.807) is 6.20 Å². The molecule has 0 saturated carbocycles. The van der Waals surface area contributed by atoms with E-state index in [2.05, 4.69) is 46.3 Å². The van der Waals surface area contributed by atoms with Crippen LogP contribution < -0.4 is 5.73 Å². The minimum atomic E-state index is -0.110. The average molecular weight is 416 g/mol. The van der Waals surface area contributed by atoms with E-state index >= 15 is 0 Å². The third-order valence-corrected chi connectivity index (χ3v) is 7.15. The van der Waals surface area contributed by atoms with E-state index in [-0.39, 0.29) is 11.4 Å². The number of pyridine rings is 1. The summed E-state index contributed by atoms with van der Waals surface area (Å²) in [5, 5.41) is 2.12. The standard InChI is InChI=1S/C26H29N3O2/c1-2-31-24(30)17-29-13-10-26(11-14-29)9-7-21-15-19(5-6-23(21)26)20-4-3-18-8-12-28-25(27)22(18)16-20/h3-6,8,12,15-16H,2,7,9-11,13-14,17H2,1H3,(H2,27,28). The Hall–Kier alpha value is -2.92. The lowest BCUT2D eigenvalue weighted by molar-refractivity contribution is -0.144. The van der Waals surface area contributed by atoms with Crippen LogP contribution in [0.5, 0.6) is 0 Å². The summed E-state index contributed by atoms with van der Waals surface area (Å²) in [4.78, 5) is 18.3. The maximum atomic E-state index is 11.8. The van der Waals surface area contributed by atoms with E-state index in [0.29, 0.717) is 19.0 Å². The Labute approximate surface area is 183 Å². The van der Waals surface area contributed by atoms with Gasteiger partial charge in [-0.15, -0.1) is 0 Å². The largest absolute Gasteiger partial charge is 0.465 e. The number of hydrogen-bond donors (Lipinski definition) is 1. The number of aromatic nitrogens is 1. The molecule has 31 heavy (non-hydrogen) atoms. The van der Waals surface area contributed by atoms with Crippen LogP contribution in [-0.4, -0.2) is 42.1 Å². The van der Waals surface area contributed by atoms with Crippen molar-refractivity contribution < 1.29 is 9.53 Å². The number of carbonyl (C=O) groups excluding carboxylic acids is 1. The van der Waals surface area contributed by atoms with Crippen LogP contribution in [0.4, 0.5) is 5.82 Å². The van der Waals surface area contributed by atoms with Crippen LogP contribution in [0.25, 0.3) is 21.9 Å². The highest BCUT2D eigenvalue weighted by atomic mass is 16.5. The van der Waals surface area contributed by atoms with Gasteiger partial charge in [-0.05, 0) is 90.9 Å². The fourth-order valence-electron chi connectivity index (χ4n) is 5.42. The summed E-state index contributed by atoms with van der Waals surface area (Å²) in [5.41, 5.74) is 11.8. The van der Waals surface area contributed by atoms with Crippen molar-refractivity contribution in [1.29, 1.82) is 0 Å². The second-order valence-electron chi connectivity index (χ2n) is 8.87. The summed E-state index contributed by atoms with van der Waals surface area (Å²) in [6.45, 7) is 4.63. The lowest BCUT2D eigenvalue weighted by Gasteiger charge is -2.39. The zero-order valence-corrected chi connectivity index (χ0v) is 18.1. The van der Waals surface area contributed by atoms with Crippen LogP contribution in [0, 0.1) is 0 Å². The molecule has 1 spiro atoms. The maximum absolute atomic E-state index is 11.8. The highest BCUT2D eigenvalue weighted by Gasteiger charge is 2.41. The zero-order valence-electron chi connectivity index (χ0n) is 18.1. The molecule has 2 aliphatic rings. The summed E-state index contributed by atoms with van der Waals surface area (Å²) >= 11 is 0. The number of hydrogen-bond acceptors (Lipinski definition) is 5. The molecule has 3 aromatic rings. The molecule has 0 bridgehead atoms. The molecule has 1 aromatic heterocycles. The Morgan fingerprint density at radius 3 is 2.68 bits per heavy atom. The summed E-state index contributed by atoms with van der Waals surface area (Å²) < 4.78 is 5.11. The maximum Gasteiger partial charge on any atom is 0.320 e. The number of fused-ring (bicyclic) bond motifs is 3. The predicted octanol–water partition coefficient (Wildman–Crippen LogP) is 4.33. The fourth-order valence-corrected chi connectivity index (χ4v) is 5.42. The van der Waals surface area contributed by atoms with Crippen LogP contribution in [0.1, 0.15) is 37.3 Å². The molecule has 1 aliphatic heterocycles. The van der Waals surface area contributed by atoms with Crippen LogP contribution in [0.15, 0.2) is 48.7 Å². The smallest absolute Gasteiger partial charge is 0.320 e. The van der Waals surface area contributed by atoms with E-state index in [1.807, 2.05) is 13.0 Å². The SMILES string of the molecule is CCOC(=O)CN1CCC2(CCc3cc(-c4ccc5ccnc(N)c5c4)ccc32)CC1. The lowest BCUT2D eigenvalue weighted by atomic mass is 9.73. The van der Waals surface area contributed by atoms with Gasteiger partial charge in [0.2, 0.25) is 0 Å². The number of ether oxygens (including phenoxy) is 1. The van der Waals surface area contributed by atoms with E-state index in [0.717, 1.165) is 43.1 Å². The number of likely N-dealkylation sites (tertiary alicyclic amines) is 1. The van der Waals surface area contributed by atoms with E-state index in [9.17, 15) is 4.79 Å². The van der Waals surface area contributed by atoms with Gasteiger partial charge in [0, 0.05) is 11.6 Å². The number of nitrogens with zero attached hydrogens (tertiary/aromatic N) is 2. The summed E-state index contributed by atoms with van der Waals surface area (Å²) in [6.07, 6.45) is 6.30. The predicted molar refractivity (Wildman–Crippen MR) is 124 cm³/mol. The van der Waals surface area contributed by atoms with Gasteiger partial charge >= 0.3 is 5.97 Å². The van der Waals surface area contributed by atoms with Crippen molar-refractivity contribution >= 4 is 22.6 Å². The van der Waals surface area contributed by atoms with Crippen molar-refractivity contribution in [2.75, 3.05) is 32.0 Å². The molecule has 0 radical (unpaired) electrons. The van der Waals surface area contributed by atoms with Crippen molar-refractivity contribution in [3.8, 4) is 11.1 Å². The second-order valence-corrected chi connectivity index (χ2v) is 8.87. The highest BCUT2D eigenvalue weighted by molar-refractivity contribution is 5.94. The number of benzene rings is 2. The molecule has 160 valence electrons. The van der Waals surface area contributed by atoms with Crippen LogP contribution in [-0.2, 0) is 21.4 Å². The molecular weight excluding hydrogens is 386 g/mol. The number of esters is 1. The molecule has 2 aromatic carbocycles. The van der Waals surface area contributed by atoms with Crippen LogP contribution in [0.3, 0.4) is 0 Å². The Morgan fingerprint density at radius 1 is 1.10 bits per heavy atom. The number of nitrogen functional groups attached to an aromatic ring is 1. The van der Waals surface area contributed by atoms with Crippen molar-refractivity contribution in [2.45, 2.75) is 38.0 Å². The molecule has 2 N–H and O–H groups in total. The first-order valence-electron chi connectivity index (χ1n) is 11.2. The fraction of sp³-hybridized carbons (Fsp3) is 0.385.